The van der Waals surface area contributed by atoms with Crippen molar-refractivity contribution in [2.45, 2.75) is 167 Å². The third-order valence-corrected chi connectivity index (χ3v) is 16.4. The molecule has 11 atom stereocenters. The van der Waals surface area contributed by atoms with Crippen LogP contribution in [-0.4, -0.2) is 182 Å². The minimum Gasteiger partial charge on any atom is -0.481 e. The smallest absolute Gasteiger partial charge is 0.305 e. The van der Waals surface area contributed by atoms with Gasteiger partial charge < -0.3 is 84.0 Å². The number of H-pyrrole nitrogens is 2. The number of amides is 12. The average Bonchev–Trinajstić information content (AvgIpc) is 1.95. The number of para-hydroxylation sites is 2. The summed E-state index contributed by atoms with van der Waals surface area (Å²) in [5.41, 5.74) is 7.91. The van der Waals surface area contributed by atoms with Gasteiger partial charge in [0.15, 0.2) is 0 Å². The molecule has 30 nitrogen and oxygen atoms in total. The summed E-state index contributed by atoms with van der Waals surface area (Å²) >= 11 is 0. The Hall–Kier alpha value is -9.90. The van der Waals surface area contributed by atoms with Crippen LogP contribution in [0.5, 0.6) is 0 Å². The standard InChI is InChI=1S/C62H84N14O16/c1-7-32(5)52-61(91)67-30-49(79)74-53(33(6)8-2)62(92)76-21-13-18-46(76)60(90)73-45(26-51(82)83)58(88)72-44(25-47(63)77)57(87)71-42(23-34-27-64-38-16-11-9-14-36(34)38)56(86)69-41(22-31(3)4)54(84)66-29-48(78)68-40(19-20-50(80)81)55(85)70-43(59(89)75-52)24-35-28-65-39-17-12-10-15-37(35)39/h9-12,14-17,27-28,31-33,40-46,52-53,64-65H,7-8,13,18-26,29-30H2,1-6H3,(H2,63,77)(H,66,84)(H,67,91)(H,68,78)(H,69,86)(H,70,85)(H,71,87)(H,72,88)(H,73,90)(H,74,79)(H,75,89)(H,80,81)(H,82,83). The number of aromatic nitrogens is 2. The normalized spacial score (nSPS) is 24.3. The molecule has 4 aromatic rings. The van der Waals surface area contributed by atoms with Crippen LogP contribution in [0.1, 0.15) is 110 Å². The Morgan fingerprint density at radius 2 is 1.00 bits per heavy atom. The molecular weight excluding hydrogens is 1200 g/mol. The number of carbonyl (C=O) groups is 14. The van der Waals surface area contributed by atoms with E-state index in [1.807, 2.05) is 0 Å². The molecule has 2 aromatic carbocycles. The third-order valence-electron chi connectivity index (χ3n) is 16.4. The molecule has 2 saturated heterocycles. The van der Waals surface area contributed by atoms with Crippen LogP contribution < -0.4 is 58.9 Å². The number of aliphatic carboxylic acids is 2. The number of nitrogens with two attached hydrogens (primary N) is 1. The minimum absolute atomic E-state index is 0.0149. The monoisotopic (exact) mass is 1280 g/mol. The fourth-order valence-electron chi connectivity index (χ4n) is 11.0. The van der Waals surface area contributed by atoms with E-state index in [1.165, 1.54) is 4.90 Å². The average molecular weight is 1280 g/mol. The van der Waals surface area contributed by atoms with Crippen LogP contribution in [0.3, 0.4) is 0 Å². The zero-order valence-electron chi connectivity index (χ0n) is 52.2. The van der Waals surface area contributed by atoms with Crippen LogP contribution in [0.25, 0.3) is 21.8 Å². The summed E-state index contributed by atoms with van der Waals surface area (Å²) in [6, 6.07) is -0.0194. The van der Waals surface area contributed by atoms with Gasteiger partial charge in [0.05, 0.1) is 25.9 Å². The fourth-order valence-corrected chi connectivity index (χ4v) is 11.0. The molecule has 0 bridgehead atoms. The van der Waals surface area contributed by atoms with Crippen molar-refractivity contribution in [3.05, 3.63) is 72.1 Å². The molecule has 2 aliphatic rings. The molecule has 12 amide bonds. The number of nitrogens with one attached hydrogen (secondary N) is 12. The summed E-state index contributed by atoms with van der Waals surface area (Å²) in [5, 5.41) is 46.2. The Bertz CT molecular complexity index is 3400. The quantitative estimate of drug-likeness (QED) is 0.0597. The first-order valence-electron chi connectivity index (χ1n) is 30.8. The maximum absolute atomic E-state index is 14.7. The van der Waals surface area contributed by atoms with Gasteiger partial charge in [-0.15, -0.1) is 0 Å². The number of benzene rings is 2. The van der Waals surface area contributed by atoms with Gasteiger partial charge in [-0.2, -0.15) is 0 Å². The van der Waals surface area contributed by atoms with Gasteiger partial charge in [-0.05, 0) is 66.7 Å². The van der Waals surface area contributed by atoms with Gasteiger partial charge in [0, 0.05) is 60.0 Å². The molecular formula is C62H84N14O16. The van der Waals surface area contributed by atoms with Crippen LogP contribution in [0.4, 0.5) is 0 Å². The van der Waals surface area contributed by atoms with Crippen LogP contribution in [0.15, 0.2) is 60.9 Å². The molecule has 0 saturated carbocycles. The predicted octanol–water partition coefficient (Wildman–Crippen LogP) is -1.10. The second-order valence-electron chi connectivity index (χ2n) is 23.8. The number of primary amides is 1. The molecule has 0 radical (unpaired) electrons. The lowest BCUT2D eigenvalue weighted by Crippen LogP contribution is -2.61. The van der Waals surface area contributed by atoms with E-state index in [1.54, 1.807) is 102 Å². The van der Waals surface area contributed by atoms with Crippen LogP contribution in [0, 0.1) is 17.8 Å². The minimum atomic E-state index is -1.95. The van der Waals surface area contributed by atoms with Crippen molar-refractivity contribution >= 4 is 105 Å². The summed E-state index contributed by atoms with van der Waals surface area (Å²) in [5.74, 6) is -16.2. The molecule has 2 aliphatic heterocycles. The van der Waals surface area contributed by atoms with E-state index in [-0.39, 0.29) is 44.6 Å². The van der Waals surface area contributed by atoms with Gasteiger partial charge in [0.25, 0.3) is 0 Å². The molecule has 4 heterocycles. The number of fused-ring (bicyclic) bond motifs is 3. The first-order valence-corrected chi connectivity index (χ1v) is 30.8. The molecule has 498 valence electrons. The molecule has 2 fully saturated rings. The Labute approximate surface area is 529 Å². The van der Waals surface area contributed by atoms with E-state index in [2.05, 4.69) is 63.1 Å². The lowest BCUT2D eigenvalue weighted by Gasteiger charge is -2.32. The number of carbonyl (C=O) groups excluding carboxylic acids is 12. The molecule has 16 N–H and O–H groups in total. The van der Waals surface area contributed by atoms with Crippen molar-refractivity contribution in [3.63, 3.8) is 0 Å². The fraction of sp³-hybridized carbons (Fsp3) is 0.516. The second kappa shape index (κ2) is 33.2. The molecule has 0 spiro atoms. The first kappa shape index (κ1) is 71.2. The third kappa shape index (κ3) is 19.8. The number of hydrogen-bond donors (Lipinski definition) is 15. The first-order chi connectivity index (χ1) is 43.7. The zero-order chi connectivity index (χ0) is 67.5. The summed E-state index contributed by atoms with van der Waals surface area (Å²) in [6.45, 7) is 8.68. The largest absolute Gasteiger partial charge is 0.481 e. The molecule has 92 heavy (non-hydrogen) atoms. The van der Waals surface area contributed by atoms with E-state index in [4.69, 9.17) is 5.73 Å². The van der Waals surface area contributed by atoms with Crippen molar-refractivity contribution < 1.29 is 77.3 Å². The van der Waals surface area contributed by atoms with Crippen LogP contribution in [0.2, 0.25) is 0 Å². The van der Waals surface area contributed by atoms with Crippen molar-refractivity contribution in [3.8, 4) is 0 Å². The van der Waals surface area contributed by atoms with Gasteiger partial charge in [0.2, 0.25) is 70.9 Å². The number of rotatable bonds is 17. The Kier molecular flexibility index (Phi) is 25.7. The Balaban J connectivity index is 1.39. The summed E-state index contributed by atoms with van der Waals surface area (Å²) < 4.78 is 0. The Morgan fingerprint density at radius 1 is 0.533 bits per heavy atom. The molecule has 2 aromatic heterocycles. The highest BCUT2D eigenvalue weighted by Crippen LogP contribution is 2.24. The Morgan fingerprint density at radius 3 is 1.53 bits per heavy atom. The van der Waals surface area contributed by atoms with Crippen molar-refractivity contribution in [2.75, 3.05) is 19.6 Å². The lowest BCUT2D eigenvalue weighted by atomic mass is 9.96. The van der Waals surface area contributed by atoms with Crippen molar-refractivity contribution in [2.24, 2.45) is 23.5 Å². The molecule has 11 unspecified atom stereocenters. The van der Waals surface area contributed by atoms with E-state index < -0.39 is 188 Å². The highest BCUT2D eigenvalue weighted by atomic mass is 16.4. The topological polar surface area (TPSA) is 461 Å². The van der Waals surface area contributed by atoms with Crippen LogP contribution >= 0.6 is 0 Å². The highest BCUT2D eigenvalue weighted by Gasteiger charge is 2.42. The van der Waals surface area contributed by atoms with E-state index >= 15 is 0 Å². The lowest BCUT2D eigenvalue weighted by molar-refractivity contribution is -0.144. The predicted molar refractivity (Wildman–Crippen MR) is 332 cm³/mol. The maximum atomic E-state index is 14.7. The molecule has 30 heteroatoms. The van der Waals surface area contributed by atoms with Crippen molar-refractivity contribution in [1.82, 2.24) is 68.0 Å². The summed E-state index contributed by atoms with van der Waals surface area (Å²) in [4.78, 5) is 201. The van der Waals surface area contributed by atoms with E-state index in [9.17, 15) is 77.3 Å². The van der Waals surface area contributed by atoms with Gasteiger partial charge in [-0.3, -0.25) is 67.1 Å². The van der Waals surface area contributed by atoms with Gasteiger partial charge in [0.1, 0.15) is 54.4 Å². The molecule has 0 aliphatic carbocycles. The number of nitrogens with zero attached hydrogens (tertiary/aromatic N) is 1. The number of carboxylic acid groups (broad SMARTS) is 2. The van der Waals surface area contributed by atoms with Crippen LogP contribution in [-0.2, 0) is 80.0 Å². The SMILES string of the molecule is CCC(C)C1NC(=O)C(Cc2c[nH]c3ccccc23)NC(=O)C(CCC(=O)O)NC(=O)CNC(=O)C(CC(C)C)NC(=O)C(Cc2c[nH]c3ccccc23)NC(=O)C(CC(N)=O)NC(=O)C(CC(=O)O)NC(=O)C2CCCN2C(=O)C(C(C)CC)NC(=O)CNC1=O. The van der Waals surface area contributed by atoms with E-state index in [0.29, 0.717) is 45.8 Å². The van der Waals surface area contributed by atoms with Gasteiger partial charge >= 0.3 is 11.9 Å². The number of aromatic amines is 2. The number of carboxylic acids is 2. The van der Waals surface area contributed by atoms with Gasteiger partial charge in [-0.25, -0.2) is 0 Å². The highest BCUT2D eigenvalue weighted by molar-refractivity contribution is 6.01. The molecule has 6 rings (SSSR count). The zero-order valence-corrected chi connectivity index (χ0v) is 52.2. The van der Waals surface area contributed by atoms with Crippen molar-refractivity contribution in [1.29, 1.82) is 0 Å². The summed E-state index contributed by atoms with van der Waals surface area (Å²) in [6.07, 6.45) is 0.388. The van der Waals surface area contributed by atoms with Gasteiger partial charge in [-0.1, -0.05) is 90.8 Å². The summed E-state index contributed by atoms with van der Waals surface area (Å²) in [7, 11) is 0. The van der Waals surface area contributed by atoms with E-state index in [0.717, 1.165) is 0 Å². The number of hydrogen-bond acceptors (Lipinski definition) is 14. The maximum Gasteiger partial charge on any atom is 0.305 e. The second-order valence-corrected chi connectivity index (χ2v) is 23.8.